The second kappa shape index (κ2) is 7.16. The van der Waals surface area contributed by atoms with E-state index in [9.17, 15) is 5.11 Å². The van der Waals surface area contributed by atoms with Crippen LogP contribution in [-0.2, 0) is 0 Å². The number of ether oxygens (including phenoxy) is 2. The molecule has 0 amide bonds. The quantitative estimate of drug-likeness (QED) is 0.847. The molecule has 1 fully saturated rings. The standard InChI is InChI=1S/C21H26O3/c1-14-11-15(2)13-16(12-14)17-7-4-5-8-18(17)24-20-10-6-9-19(23-3)21(20)22/h6,9-13,17-18,22H,4-5,7-8H2,1-3H3/t17-,18+/m0/s1. The maximum Gasteiger partial charge on any atom is 0.200 e. The number of hydrogen-bond donors (Lipinski definition) is 1. The molecule has 0 heterocycles. The zero-order valence-electron chi connectivity index (χ0n) is 14.7. The highest BCUT2D eigenvalue weighted by Crippen LogP contribution is 2.41. The molecule has 0 aliphatic heterocycles. The summed E-state index contributed by atoms with van der Waals surface area (Å²) in [7, 11) is 1.55. The molecule has 1 N–H and O–H groups in total. The molecule has 3 heteroatoms. The second-order valence-electron chi connectivity index (χ2n) is 6.78. The molecule has 1 aliphatic carbocycles. The zero-order chi connectivity index (χ0) is 17.1. The third kappa shape index (κ3) is 3.50. The first kappa shape index (κ1) is 16.7. The third-order valence-corrected chi connectivity index (χ3v) is 4.83. The number of hydrogen-bond acceptors (Lipinski definition) is 3. The van der Waals surface area contributed by atoms with Crippen LogP contribution in [0.1, 0.15) is 48.3 Å². The van der Waals surface area contributed by atoms with Gasteiger partial charge in [0.25, 0.3) is 0 Å². The normalized spacial score (nSPS) is 20.6. The Kier molecular flexibility index (Phi) is 4.98. The highest BCUT2D eigenvalue weighted by atomic mass is 16.5. The van der Waals surface area contributed by atoms with Crippen LogP contribution in [0.4, 0.5) is 0 Å². The van der Waals surface area contributed by atoms with Crippen LogP contribution in [0.25, 0.3) is 0 Å². The molecule has 1 saturated carbocycles. The Morgan fingerprint density at radius 1 is 0.958 bits per heavy atom. The first-order valence-electron chi connectivity index (χ1n) is 8.69. The molecule has 2 atom stereocenters. The smallest absolute Gasteiger partial charge is 0.200 e. The zero-order valence-corrected chi connectivity index (χ0v) is 14.7. The lowest BCUT2D eigenvalue weighted by Crippen LogP contribution is -2.29. The van der Waals surface area contributed by atoms with E-state index in [1.807, 2.05) is 12.1 Å². The van der Waals surface area contributed by atoms with Crippen LogP contribution in [0, 0.1) is 13.8 Å². The summed E-state index contributed by atoms with van der Waals surface area (Å²) >= 11 is 0. The number of phenols is 1. The number of rotatable bonds is 4. The molecule has 3 nitrogen and oxygen atoms in total. The van der Waals surface area contributed by atoms with Gasteiger partial charge in [-0.1, -0.05) is 41.8 Å². The summed E-state index contributed by atoms with van der Waals surface area (Å²) in [5.41, 5.74) is 3.93. The van der Waals surface area contributed by atoms with Crippen LogP contribution >= 0.6 is 0 Å². The lowest BCUT2D eigenvalue weighted by atomic mass is 9.80. The highest BCUT2D eigenvalue weighted by molar-refractivity contribution is 5.50. The van der Waals surface area contributed by atoms with Crippen LogP contribution in [0.2, 0.25) is 0 Å². The van der Waals surface area contributed by atoms with Gasteiger partial charge in [-0.15, -0.1) is 0 Å². The van der Waals surface area contributed by atoms with E-state index < -0.39 is 0 Å². The Balaban J connectivity index is 1.87. The summed E-state index contributed by atoms with van der Waals surface area (Å²) in [6.07, 6.45) is 4.60. The van der Waals surface area contributed by atoms with Crippen molar-refractivity contribution >= 4 is 0 Å². The van der Waals surface area contributed by atoms with Crippen LogP contribution in [0.5, 0.6) is 17.2 Å². The average Bonchev–Trinajstić information content (AvgIpc) is 2.56. The third-order valence-electron chi connectivity index (χ3n) is 4.83. The van der Waals surface area contributed by atoms with Crippen LogP contribution in [0.3, 0.4) is 0 Å². The molecule has 2 aromatic rings. The molecule has 0 unspecified atom stereocenters. The molecule has 24 heavy (non-hydrogen) atoms. The van der Waals surface area contributed by atoms with Gasteiger partial charge in [-0.25, -0.2) is 0 Å². The van der Waals surface area contributed by atoms with Gasteiger partial charge in [-0.05, 0) is 50.8 Å². The molecule has 1 aliphatic rings. The molecule has 0 radical (unpaired) electrons. The summed E-state index contributed by atoms with van der Waals surface area (Å²) in [5.74, 6) is 1.41. The van der Waals surface area contributed by atoms with Crippen molar-refractivity contribution in [2.45, 2.75) is 51.6 Å². The minimum atomic E-state index is 0.0814. The largest absolute Gasteiger partial charge is 0.502 e. The molecule has 2 aromatic carbocycles. The molecular formula is C21H26O3. The molecule has 0 saturated heterocycles. The predicted molar refractivity (Wildman–Crippen MR) is 96.2 cm³/mol. The van der Waals surface area contributed by atoms with Crippen molar-refractivity contribution in [1.29, 1.82) is 0 Å². The van der Waals surface area contributed by atoms with Gasteiger partial charge in [0.2, 0.25) is 5.75 Å². The number of para-hydroxylation sites is 1. The monoisotopic (exact) mass is 326 g/mol. The average molecular weight is 326 g/mol. The van der Waals surface area contributed by atoms with E-state index in [4.69, 9.17) is 9.47 Å². The summed E-state index contributed by atoms with van der Waals surface area (Å²) < 4.78 is 11.4. The van der Waals surface area contributed by atoms with Gasteiger partial charge in [0, 0.05) is 5.92 Å². The SMILES string of the molecule is COc1cccc(O[C@@H]2CCCC[C@H]2c2cc(C)cc(C)c2)c1O. The number of methoxy groups -OCH3 is 1. The van der Waals surface area contributed by atoms with Crippen molar-refractivity contribution < 1.29 is 14.6 Å². The van der Waals surface area contributed by atoms with Gasteiger partial charge in [0.1, 0.15) is 6.10 Å². The van der Waals surface area contributed by atoms with E-state index in [1.165, 1.54) is 23.1 Å². The first-order valence-corrected chi connectivity index (χ1v) is 8.69. The highest BCUT2D eigenvalue weighted by Gasteiger charge is 2.29. The van der Waals surface area contributed by atoms with E-state index in [2.05, 4.69) is 32.0 Å². The summed E-state index contributed by atoms with van der Waals surface area (Å²) in [6, 6.07) is 12.1. The molecular weight excluding hydrogens is 300 g/mol. The van der Waals surface area contributed by atoms with Gasteiger partial charge in [-0.3, -0.25) is 0 Å². The fraction of sp³-hybridized carbons (Fsp3) is 0.429. The van der Waals surface area contributed by atoms with E-state index in [-0.39, 0.29) is 11.9 Å². The molecule has 128 valence electrons. The number of phenolic OH excluding ortho intramolecular Hbond substituents is 1. The Bertz CT molecular complexity index is 688. The van der Waals surface area contributed by atoms with Crippen molar-refractivity contribution in [2.75, 3.05) is 7.11 Å². The maximum absolute atomic E-state index is 10.3. The van der Waals surface area contributed by atoms with E-state index >= 15 is 0 Å². The van der Waals surface area contributed by atoms with Crippen molar-refractivity contribution in [2.24, 2.45) is 0 Å². The van der Waals surface area contributed by atoms with E-state index in [1.54, 1.807) is 13.2 Å². The second-order valence-corrected chi connectivity index (χ2v) is 6.78. The Labute approximate surface area is 144 Å². The first-order chi connectivity index (χ1) is 11.6. The van der Waals surface area contributed by atoms with Crippen molar-refractivity contribution in [1.82, 2.24) is 0 Å². The van der Waals surface area contributed by atoms with E-state index in [0.29, 0.717) is 17.4 Å². The Hall–Kier alpha value is -2.16. The van der Waals surface area contributed by atoms with Crippen LogP contribution < -0.4 is 9.47 Å². The van der Waals surface area contributed by atoms with Gasteiger partial charge in [0.05, 0.1) is 7.11 Å². The molecule has 3 rings (SSSR count). The van der Waals surface area contributed by atoms with Crippen LogP contribution in [-0.4, -0.2) is 18.3 Å². The maximum atomic E-state index is 10.3. The molecule has 0 bridgehead atoms. The fourth-order valence-electron chi connectivity index (χ4n) is 3.77. The summed E-state index contributed by atoms with van der Waals surface area (Å²) in [4.78, 5) is 0. The topological polar surface area (TPSA) is 38.7 Å². The Morgan fingerprint density at radius 2 is 1.62 bits per heavy atom. The Morgan fingerprint density at radius 3 is 2.33 bits per heavy atom. The fourth-order valence-corrected chi connectivity index (χ4v) is 3.77. The lowest BCUT2D eigenvalue weighted by Gasteiger charge is -2.33. The number of benzene rings is 2. The van der Waals surface area contributed by atoms with Crippen LogP contribution in [0.15, 0.2) is 36.4 Å². The summed E-state index contributed by atoms with van der Waals surface area (Å²) in [5, 5.41) is 10.3. The minimum Gasteiger partial charge on any atom is -0.502 e. The van der Waals surface area contributed by atoms with Crippen molar-refractivity contribution in [3.63, 3.8) is 0 Å². The van der Waals surface area contributed by atoms with Gasteiger partial charge in [0.15, 0.2) is 11.5 Å². The summed E-state index contributed by atoms with van der Waals surface area (Å²) in [6.45, 7) is 4.28. The minimum absolute atomic E-state index is 0.0814. The van der Waals surface area contributed by atoms with Gasteiger partial charge >= 0.3 is 0 Å². The molecule has 0 aromatic heterocycles. The molecule has 0 spiro atoms. The van der Waals surface area contributed by atoms with Gasteiger partial charge < -0.3 is 14.6 Å². The van der Waals surface area contributed by atoms with Gasteiger partial charge in [-0.2, -0.15) is 0 Å². The predicted octanol–water partition coefficient (Wildman–Crippen LogP) is 5.12. The number of aryl methyl sites for hydroxylation is 2. The van der Waals surface area contributed by atoms with Crippen molar-refractivity contribution in [3.8, 4) is 17.2 Å². The van der Waals surface area contributed by atoms with E-state index in [0.717, 1.165) is 19.3 Å². The van der Waals surface area contributed by atoms with Crippen molar-refractivity contribution in [3.05, 3.63) is 53.1 Å². The lowest BCUT2D eigenvalue weighted by molar-refractivity contribution is 0.125. The number of aromatic hydroxyl groups is 1.